The molecule has 5 nitrogen and oxygen atoms in total. The molecule has 3 rings (SSSR count). The molecule has 0 saturated carbocycles. The fourth-order valence-corrected chi connectivity index (χ4v) is 2.81. The standard InChI is InChI=1S/C19H21NO4/c1-2-20(11-14-6-5-7-15(10-14)19(21)22)12-16-13-23-17-8-3-4-9-18(17)24-16/h3-10,16H,2,11-13H2,1H3,(H,21,22). The van der Waals surface area contributed by atoms with Gasteiger partial charge in [0.15, 0.2) is 11.5 Å². The molecule has 1 aliphatic rings. The monoisotopic (exact) mass is 327 g/mol. The van der Waals surface area contributed by atoms with Crippen molar-refractivity contribution in [1.29, 1.82) is 0 Å². The summed E-state index contributed by atoms with van der Waals surface area (Å²) in [5.74, 6) is 0.657. The van der Waals surface area contributed by atoms with Gasteiger partial charge in [0, 0.05) is 13.1 Å². The van der Waals surface area contributed by atoms with Crippen LogP contribution in [0.1, 0.15) is 22.8 Å². The van der Waals surface area contributed by atoms with Gasteiger partial charge >= 0.3 is 5.97 Å². The predicted octanol–water partition coefficient (Wildman–Crippen LogP) is 3.05. The van der Waals surface area contributed by atoms with Crippen LogP contribution in [-0.4, -0.2) is 41.8 Å². The number of fused-ring (bicyclic) bond motifs is 1. The zero-order valence-corrected chi connectivity index (χ0v) is 13.6. The highest BCUT2D eigenvalue weighted by atomic mass is 16.6. The highest BCUT2D eigenvalue weighted by Crippen LogP contribution is 2.31. The predicted molar refractivity (Wildman–Crippen MR) is 90.7 cm³/mol. The Morgan fingerprint density at radius 1 is 1.21 bits per heavy atom. The number of nitrogens with zero attached hydrogens (tertiary/aromatic N) is 1. The third kappa shape index (κ3) is 3.86. The lowest BCUT2D eigenvalue weighted by Crippen LogP contribution is -2.40. The molecule has 1 N–H and O–H groups in total. The maximum absolute atomic E-state index is 11.1. The van der Waals surface area contributed by atoms with E-state index in [9.17, 15) is 4.79 Å². The molecule has 1 atom stereocenters. The molecular weight excluding hydrogens is 306 g/mol. The number of benzene rings is 2. The molecule has 2 aromatic carbocycles. The third-order valence-electron chi connectivity index (χ3n) is 4.06. The molecule has 0 aromatic heterocycles. The van der Waals surface area contributed by atoms with E-state index in [0.29, 0.717) is 18.7 Å². The summed E-state index contributed by atoms with van der Waals surface area (Å²) in [5.41, 5.74) is 1.30. The zero-order chi connectivity index (χ0) is 16.9. The van der Waals surface area contributed by atoms with Crippen molar-refractivity contribution in [3.63, 3.8) is 0 Å². The van der Waals surface area contributed by atoms with Crippen molar-refractivity contribution in [2.24, 2.45) is 0 Å². The average Bonchev–Trinajstić information content (AvgIpc) is 2.61. The number of hydrogen-bond acceptors (Lipinski definition) is 4. The van der Waals surface area contributed by atoms with Crippen molar-refractivity contribution in [3.8, 4) is 11.5 Å². The van der Waals surface area contributed by atoms with Crippen molar-refractivity contribution < 1.29 is 19.4 Å². The lowest BCUT2D eigenvalue weighted by molar-refractivity contribution is 0.0579. The molecule has 126 valence electrons. The van der Waals surface area contributed by atoms with Crippen molar-refractivity contribution in [3.05, 3.63) is 59.7 Å². The number of hydrogen-bond donors (Lipinski definition) is 1. The topological polar surface area (TPSA) is 59.0 Å². The summed E-state index contributed by atoms with van der Waals surface area (Å²) in [7, 11) is 0. The van der Waals surface area contributed by atoms with Gasteiger partial charge < -0.3 is 14.6 Å². The first-order valence-electron chi connectivity index (χ1n) is 8.08. The van der Waals surface area contributed by atoms with E-state index in [1.807, 2.05) is 30.3 Å². The summed E-state index contributed by atoms with van der Waals surface area (Å²) in [6, 6.07) is 14.7. The van der Waals surface area contributed by atoms with Crippen LogP contribution in [0.25, 0.3) is 0 Å². The van der Waals surface area contributed by atoms with E-state index in [1.54, 1.807) is 18.2 Å². The minimum Gasteiger partial charge on any atom is -0.486 e. The fraction of sp³-hybridized carbons (Fsp3) is 0.316. The lowest BCUT2D eigenvalue weighted by Gasteiger charge is -2.31. The van der Waals surface area contributed by atoms with E-state index < -0.39 is 5.97 Å². The van der Waals surface area contributed by atoms with Crippen molar-refractivity contribution in [2.45, 2.75) is 19.6 Å². The van der Waals surface area contributed by atoms with Gasteiger partial charge in [-0.25, -0.2) is 4.79 Å². The van der Waals surface area contributed by atoms with E-state index >= 15 is 0 Å². The van der Waals surface area contributed by atoms with Crippen LogP contribution >= 0.6 is 0 Å². The molecule has 1 heterocycles. The van der Waals surface area contributed by atoms with Crippen LogP contribution in [0.2, 0.25) is 0 Å². The molecular formula is C19H21NO4. The fourth-order valence-electron chi connectivity index (χ4n) is 2.81. The zero-order valence-electron chi connectivity index (χ0n) is 13.6. The largest absolute Gasteiger partial charge is 0.486 e. The van der Waals surface area contributed by atoms with Gasteiger partial charge in [-0.15, -0.1) is 0 Å². The maximum atomic E-state index is 11.1. The summed E-state index contributed by atoms with van der Waals surface area (Å²) in [4.78, 5) is 13.3. The number of carboxylic acids is 1. The average molecular weight is 327 g/mol. The molecule has 0 spiro atoms. The Hall–Kier alpha value is -2.53. The summed E-state index contributed by atoms with van der Waals surface area (Å²) >= 11 is 0. The number of aromatic carboxylic acids is 1. The molecule has 1 aliphatic heterocycles. The second-order valence-corrected chi connectivity index (χ2v) is 5.83. The van der Waals surface area contributed by atoms with Gasteiger partial charge in [-0.3, -0.25) is 4.90 Å². The quantitative estimate of drug-likeness (QED) is 0.884. The van der Waals surface area contributed by atoms with E-state index in [4.69, 9.17) is 14.6 Å². The van der Waals surface area contributed by atoms with Crippen molar-refractivity contribution in [2.75, 3.05) is 19.7 Å². The number of likely N-dealkylation sites (N-methyl/N-ethyl adjacent to an activating group) is 1. The Labute approximate surface area is 141 Å². The van der Waals surface area contributed by atoms with Crippen LogP contribution in [0, 0.1) is 0 Å². The maximum Gasteiger partial charge on any atom is 0.335 e. The van der Waals surface area contributed by atoms with Crippen LogP contribution < -0.4 is 9.47 Å². The molecule has 2 aromatic rings. The number of para-hydroxylation sites is 2. The molecule has 1 unspecified atom stereocenters. The van der Waals surface area contributed by atoms with Gasteiger partial charge in [0.25, 0.3) is 0 Å². The summed E-state index contributed by atoms with van der Waals surface area (Å²) < 4.78 is 11.8. The molecule has 24 heavy (non-hydrogen) atoms. The van der Waals surface area contributed by atoms with Gasteiger partial charge in [0.1, 0.15) is 12.7 Å². The second-order valence-electron chi connectivity index (χ2n) is 5.83. The first kappa shape index (κ1) is 16.3. The molecule has 0 radical (unpaired) electrons. The van der Waals surface area contributed by atoms with Crippen LogP contribution in [0.4, 0.5) is 0 Å². The van der Waals surface area contributed by atoms with Crippen molar-refractivity contribution in [1.82, 2.24) is 4.90 Å². The van der Waals surface area contributed by atoms with E-state index in [-0.39, 0.29) is 6.10 Å². The Kier molecular flexibility index (Phi) is 5.01. The Balaban J connectivity index is 1.63. The minimum absolute atomic E-state index is 0.0393. The molecule has 0 saturated heterocycles. The summed E-state index contributed by atoms with van der Waals surface area (Å²) in [6.07, 6.45) is -0.0393. The van der Waals surface area contributed by atoms with Crippen LogP contribution in [0.3, 0.4) is 0 Å². The molecule has 0 aliphatic carbocycles. The molecule has 0 amide bonds. The normalized spacial score (nSPS) is 16.2. The first-order valence-corrected chi connectivity index (χ1v) is 8.08. The van der Waals surface area contributed by atoms with Gasteiger partial charge in [-0.2, -0.15) is 0 Å². The second kappa shape index (κ2) is 7.36. The smallest absolute Gasteiger partial charge is 0.335 e. The first-order chi connectivity index (χ1) is 11.7. The van der Waals surface area contributed by atoms with E-state index in [0.717, 1.165) is 30.2 Å². The number of ether oxygens (including phenoxy) is 2. The van der Waals surface area contributed by atoms with Gasteiger partial charge in [0.2, 0.25) is 0 Å². The minimum atomic E-state index is -0.902. The number of carbonyl (C=O) groups is 1. The molecule has 0 fully saturated rings. The highest BCUT2D eigenvalue weighted by Gasteiger charge is 2.22. The van der Waals surface area contributed by atoms with Crippen LogP contribution in [0.15, 0.2) is 48.5 Å². The van der Waals surface area contributed by atoms with Crippen LogP contribution in [-0.2, 0) is 6.54 Å². The lowest BCUT2D eigenvalue weighted by atomic mass is 10.1. The summed E-state index contributed by atoms with van der Waals surface area (Å²) in [6.45, 7) is 4.85. The summed E-state index contributed by atoms with van der Waals surface area (Å²) in [5, 5.41) is 9.10. The Bertz CT molecular complexity index is 716. The Morgan fingerprint density at radius 2 is 2.00 bits per heavy atom. The third-order valence-corrected chi connectivity index (χ3v) is 4.06. The Morgan fingerprint density at radius 3 is 2.75 bits per heavy atom. The van der Waals surface area contributed by atoms with Gasteiger partial charge in [0.05, 0.1) is 5.56 Å². The van der Waals surface area contributed by atoms with Gasteiger partial charge in [-0.1, -0.05) is 31.2 Å². The SMILES string of the molecule is CCN(Cc1cccc(C(=O)O)c1)CC1COc2ccccc2O1. The molecule has 0 bridgehead atoms. The molecule has 5 heteroatoms. The van der Waals surface area contributed by atoms with E-state index in [2.05, 4.69) is 11.8 Å². The highest BCUT2D eigenvalue weighted by molar-refractivity contribution is 5.87. The van der Waals surface area contributed by atoms with Gasteiger partial charge in [-0.05, 0) is 36.4 Å². The van der Waals surface area contributed by atoms with Crippen molar-refractivity contribution >= 4 is 5.97 Å². The van der Waals surface area contributed by atoms with Crippen LogP contribution in [0.5, 0.6) is 11.5 Å². The number of rotatable bonds is 6. The number of carboxylic acid groups (broad SMARTS) is 1. The van der Waals surface area contributed by atoms with E-state index in [1.165, 1.54) is 0 Å².